The smallest absolute Gasteiger partial charge is 0.306 e. The van der Waals surface area contributed by atoms with Crippen LogP contribution >= 0.6 is 0 Å². The van der Waals surface area contributed by atoms with E-state index in [9.17, 15) is 13.2 Å². The van der Waals surface area contributed by atoms with Gasteiger partial charge < -0.3 is 5.32 Å². The molecule has 0 radical (unpaired) electrons. The molecule has 1 atom stereocenters. The highest BCUT2D eigenvalue weighted by Gasteiger charge is 2.29. The van der Waals surface area contributed by atoms with E-state index < -0.39 is 11.7 Å². The lowest BCUT2D eigenvalue weighted by atomic mass is 10.1. The summed E-state index contributed by atoms with van der Waals surface area (Å²) in [5.41, 5.74) is 2.58. The summed E-state index contributed by atoms with van der Waals surface area (Å²) >= 11 is 0. The number of hydrogen-bond donors (Lipinski definition) is 1. The van der Waals surface area contributed by atoms with Gasteiger partial charge in [-0.25, -0.2) is 0 Å². The number of benzene rings is 2. The molecule has 0 aromatic heterocycles. The summed E-state index contributed by atoms with van der Waals surface area (Å²) in [6, 6.07) is 13.6. The predicted octanol–water partition coefficient (Wildman–Crippen LogP) is 4.86. The molecule has 1 nitrogen and oxygen atoms in total. The van der Waals surface area contributed by atoms with Crippen molar-refractivity contribution in [1.29, 1.82) is 0 Å². The lowest BCUT2D eigenvalue weighted by molar-refractivity contribution is -0.137. The molecule has 2 aromatic carbocycles. The van der Waals surface area contributed by atoms with Crippen LogP contribution in [-0.2, 0) is 12.7 Å². The van der Waals surface area contributed by atoms with Crippen molar-refractivity contribution in [1.82, 2.24) is 5.32 Å². The van der Waals surface area contributed by atoms with E-state index in [1.807, 2.05) is 32.0 Å². The lowest BCUT2D eigenvalue weighted by Gasteiger charge is -2.15. The van der Waals surface area contributed by atoms with E-state index >= 15 is 0 Å². The maximum absolute atomic E-state index is 12.5. The van der Waals surface area contributed by atoms with Gasteiger partial charge in [0.15, 0.2) is 0 Å². The fourth-order valence-electron chi connectivity index (χ4n) is 2.14. The van der Waals surface area contributed by atoms with Gasteiger partial charge in [0.05, 0.1) is 5.56 Å². The Balaban J connectivity index is 1.97. The minimum Gasteiger partial charge on any atom is -0.306 e. The molecule has 0 unspecified atom stereocenters. The Bertz CT molecular complexity index is 588. The average molecular weight is 293 g/mol. The van der Waals surface area contributed by atoms with Crippen LogP contribution in [0, 0.1) is 6.92 Å². The maximum Gasteiger partial charge on any atom is 0.416 e. The van der Waals surface area contributed by atoms with Crippen molar-refractivity contribution in [2.45, 2.75) is 32.6 Å². The summed E-state index contributed by atoms with van der Waals surface area (Å²) in [4.78, 5) is 0. The van der Waals surface area contributed by atoms with E-state index in [2.05, 4.69) is 11.4 Å². The van der Waals surface area contributed by atoms with E-state index in [0.29, 0.717) is 6.54 Å². The Morgan fingerprint density at radius 3 is 2.29 bits per heavy atom. The van der Waals surface area contributed by atoms with Crippen molar-refractivity contribution in [3.63, 3.8) is 0 Å². The number of aryl methyl sites for hydroxylation is 1. The Morgan fingerprint density at radius 1 is 1.05 bits per heavy atom. The second-order valence-corrected chi connectivity index (χ2v) is 5.21. The Hall–Kier alpha value is -1.81. The highest BCUT2D eigenvalue weighted by molar-refractivity contribution is 5.26. The SMILES string of the molecule is Cc1cccc([C@H](C)NCc2ccc(C(F)(F)F)cc2)c1. The fraction of sp³-hybridized carbons (Fsp3) is 0.294. The summed E-state index contributed by atoms with van der Waals surface area (Å²) < 4.78 is 37.4. The van der Waals surface area contributed by atoms with Crippen LogP contribution in [0.15, 0.2) is 48.5 Å². The minimum atomic E-state index is -4.28. The number of halogens is 3. The topological polar surface area (TPSA) is 12.0 Å². The monoisotopic (exact) mass is 293 g/mol. The second-order valence-electron chi connectivity index (χ2n) is 5.21. The number of hydrogen-bond acceptors (Lipinski definition) is 1. The Kier molecular flexibility index (Phi) is 4.68. The van der Waals surface area contributed by atoms with Gasteiger partial charge >= 0.3 is 6.18 Å². The van der Waals surface area contributed by atoms with Gasteiger partial charge in [-0.2, -0.15) is 13.2 Å². The molecular weight excluding hydrogens is 275 g/mol. The quantitative estimate of drug-likeness (QED) is 0.848. The molecular formula is C17H18F3N. The summed E-state index contributed by atoms with van der Waals surface area (Å²) in [5.74, 6) is 0. The van der Waals surface area contributed by atoms with Crippen molar-refractivity contribution in [3.05, 3.63) is 70.8 Å². The van der Waals surface area contributed by atoms with Crippen LogP contribution in [0.5, 0.6) is 0 Å². The predicted molar refractivity (Wildman–Crippen MR) is 77.9 cm³/mol. The molecule has 0 saturated heterocycles. The second kappa shape index (κ2) is 6.31. The van der Waals surface area contributed by atoms with Crippen LogP contribution in [0.3, 0.4) is 0 Å². The van der Waals surface area contributed by atoms with Crippen molar-refractivity contribution in [2.75, 3.05) is 0 Å². The van der Waals surface area contributed by atoms with Gasteiger partial charge in [-0.1, -0.05) is 42.0 Å². The first-order chi connectivity index (χ1) is 9.86. The van der Waals surface area contributed by atoms with E-state index in [1.165, 1.54) is 23.3 Å². The Morgan fingerprint density at radius 2 is 1.71 bits per heavy atom. The van der Waals surface area contributed by atoms with E-state index in [0.717, 1.165) is 17.7 Å². The third kappa shape index (κ3) is 4.33. The van der Waals surface area contributed by atoms with Crippen molar-refractivity contribution >= 4 is 0 Å². The molecule has 21 heavy (non-hydrogen) atoms. The van der Waals surface area contributed by atoms with Crippen LogP contribution in [0.1, 0.15) is 35.2 Å². The average Bonchev–Trinajstić information content (AvgIpc) is 2.44. The van der Waals surface area contributed by atoms with Gasteiger partial charge in [0.2, 0.25) is 0 Å². The van der Waals surface area contributed by atoms with Gasteiger partial charge in [0.25, 0.3) is 0 Å². The first-order valence-corrected chi connectivity index (χ1v) is 6.82. The standard InChI is InChI=1S/C17H18F3N/c1-12-4-3-5-15(10-12)13(2)21-11-14-6-8-16(9-7-14)17(18,19)20/h3-10,13,21H,11H2,1-2H3/t13-/m0/s1. The zero-order valence-electron chi connectivity index (χ0n) is 12.0. The molecule has 0 spiro atoms. The van der Waals surface area contributed by atoms with Crippen LogP contribution in [0.25, 0.3) is 0 Å². The van der Waals surface area contributed by atoms with E-state index in [1.54, 1.807) is 0 Å². The van der Waals surface area contributed by atoms with Gasteiger partial charge in [-0.15, -0.1) is 0 Å². The van der Waals surface area contributed by atoms with E-state index in [-0.39, 0.29) is 6.04 Å². The molecule has 0 aliphatic heterocycles. The maximum atomic E-state index is 12.5. The first-order valence-electron chi connectivity index (χ1n) is 6.82. The van der Waals surface area contributed by atoms with Gasteiger partial charge in [-0.05, 0) is 37.1 Å². The number of rotatable bonds is 4. The van der Waals surface area contributed by atoms with Crippen LogP contribution < -0.4 is 5.32 Å². The summed E-state index contributed by atoms with van der Waals surface area (Å²) in [6.07, 6.45) is -4.28. The van der Waals surface area contributed by atoms with Crippen molar-refractivity contribution in [3.8, 4) is 0 Å². The highest BCUT2D eigenvalue weighted by Crippen LogP contribution is 2.29. The summed E-state index contributed by atoms with van der Waals surface area (Å²) in [7, 11) is 0. The Labute approximate surface area is 122 Å². The highest BCUT2D eigenvalue weighted by atomic mass is 19.4. The van der Waals surface area contributed by atoms with E-state index in [4.69, 9.17) is 0 Å². The van der Waals surface area contributed by atoms with Gasteiger partial charge in [-0.3, -0.25) is 0 Å². The molecule has 0 aliphatic carbocycles. The van der Waals surface area contributed by atoms with Crippen molar-refractivity contribution < 1.29 is 13.2 Å². The first kappa shape index (κ1) is 15.6. The minimum absolute atomic E-state index is 0.146. The van der Waals surface area contributed by atoms with Crippen LogP contribution in [-0.4, -0.2) is 0 Å². The zero-order chi connectivity index (χ0) is 15.5. The summed E-state index contributed by atoms with van der Waals surface area (Å²) in [5, 5.41) is 3.32. The number of nitrogens with one attached hydrogen (secondary N) is 1. The molecule has 0 fully saturated rings. The molecule has 1 N–H and O–H groups in total. The summed E-state index contributed by atoms with van der Waals surface area (Å²) in [6.45, 7) is 4.61. The molecule has 4 heteroatoms. The molecule has 2 rings (SSSR count). The molecule has 0 heterocycles. The van der Waals surface area contributed by atoms with Gasteiger partial charge in [0, 0.05) is 12.6 Å². The van der Waals surface area contributed by atoms with Crippen molar-refractivity contribution in [2.24, 2.45) is 0 Å². The molecule has 0 amide bonds. The van der Waals surface area contributed by atoms with Gasteiger partial charge in [0.1, 0.15) is 0 Å². The third-order valence-electron chi connectivity index (χ3n) is 3.44. The molecule has 0 aliphatic rings. The largest absolute Gasteiger partial charge is 0.416 e. The third-order valence-corrected chi connectivity index (χ3v) is 3.44. The molecule has 2 aromatic rings. The molecule has 0 saturated carbocycles. The lowest BCUT2D eigenvalue weighted by Crippen LogP contribution is -2.18. The normalized spacial score (nSPS) is 13.2. The van der Waals surface area contributed by atoms with Crippen LogP contribution in [0.2, 0.25) is 0 Å². The molecule has 112 valence electrons. The zero-order valence-corrected chi connectivity index (χ0v) is 12.0. The molecule has 0 bridgehead atoms. The van der Waals surface area contributed by atoms with Crippen LogP contribution in [0.4, 0.5) is 13.2 Å². The fourth-order valence-corrected chi connectivity index (χ4v) is 2.14. The number of alkyl halides is 3.